The normalized spacial score (nSPS) is 20.0. The van der Waals surface area contributed by atoms with Crippen molar-refractivity contribution in [1.82, 2.24) is 14.8 Å². The Labute approximate surface area is 127 Å². The van der Waals surface area contributed by atoms with Crippen molar-refractivity contribution in [2.75, 3.05) is 20.1 Å². The van der Waals surface area contributed by atoms with Crippen LogP contribution in [0.1, 0.15) is 31.7 Å². The van der Waals surface area contributed by atoms with Gasteiger partial charge in [-0.05, 0) is 58.0 Å². The second kappa shape index (κ2) is 6.63. The van der Waals surface area contributed by atoms with Gasteiger partial charge in [0.15, 0.2) is 0 Å². The highest BCUT2D eigenvalue weighted by Gasteiger charge is 2.18. The highest BCUT2D eigenvalue weighted by molar-refractivity contribution is 5.83. The molecule has 1 aliphatic heterocycles. The molecule has 0 spiro atoms. The highest BCUT2D eigenvalue weighted by Crippen LogP contribution is 2.24. The number of hydrogen-bond donors (Lipinski definition) is 1. The van der Waals surface area contributed by atoms with E-state index in [1.165, 1.54) is 42.3 Å². The van der Waals surface area contributed by atoms with E-state index in [1.54, 1.807) is 0 Å². The van der Waals surface area contributed by atoms with Crippen LogP contribution < -0.4 is 5.32 Å². The zero-order valence-corrected chi connectivity index (χ0v) is 13.3. The summed E-state index contributed by atoms with van der Waals surface area (Å²) < 4.78 is 2.37. The van der Waals surface area contributed by atoms with Crippen LogP contribution in [0.3, 0.4) is 0 Å². The van der Waals surface area contributed by atoms with E-state index >= 15 is 0 Å². The van der Waals surface area contributed by atoms with Crippen molar-refractivity contribution in [3.05, 3.63) is 36.0 Å². The molecular weight excluding hydrogens is 258 g/mol. The molecule has 0 radical (unpaired) electrons. The highest BCUT2D eigenvalue weighted by atomic mass is 15.1. The molecular formula is C18H27N3. The van der Waals surface area contributed by atoms with E-state index in [0.717, 1.165) is 19.6 Å². The molecule has 1 unspecified atom stereocenters. The number of hydrogen-bond acceptors (Lipinski definition) is 2. The molecule has 1 aromatic carbocycles. The Kier molecular flexibility index (Phi) is 4.61. The van der Waals surface area contributed by atoms with Crippen LogP contribution in [0.5, 0.6) is 0 Å². The van der Waals surface area contributed by atoms with Crippen molar-refractivity contribution in [3.63, 3.8) is 0 Å². The van der Waals surface area contributed by atoms with Crippen LogP contribution in [0.15, 0.2) is 30.5 Å². The number of aromatic nitrogens is 1. The van der Waals surface area contributed by atoms with Crippen molar-refractivity contribution >= 4 is 10.9 Å². The molecule has 0 saturated carbocycles. The number of fused-ring (bicyclic) bond motifs is 1. The predicted octanol–water partition coefficient (Wildman–Crippen LogP) is 3.24. The largest absolute Gasteiger partial charge is 0.347 e. The Hall–Kier alpha value is -1.32. The van der Waals surface area contributed by atoms with Crippen LogP contribution in [0, 0.1) is 0 Å². The van der Waals surface area contributed by atoms with Crippen LogP contribution in [0.2, 0.25) is 0 Å². The van der Waals surface area contributed by atoms with Gasteiger partial charge in [0.2, 0.25) is 0 Å². The summed E-state index contributed by atoms with van der Waals surface area (Å²) in [6.45, 7) is 6.65. The minimum Gasteiger partial charge on any atom is -0.347 e. The lowest BCUT2D eigenvalue weighted by Gasteiger charge is -2.26. The number of rotatable bonds is 4. The Bertz CT molecular complexity index is 579. The number of benzene rings is 1. The topological polar surface area (TPSA) is 20.2 Å². The molecule has 3 heteroatoms. The lowest BCUT2D eigenvalue weighted by atomic mass is 10.1. The third-order valence-electron chi connectivity index (χ3n) is 4.80. The maximum atomic E-state index is 3.51. The molecule has 1 atom stereocenters. The fourth-order valence-corrected chi connectivity index (χ4v) is 3.55. The minimum absolute atomic E-state index is 0.712. The summed E-state index contributed by atoms with van der Waals surface area (Å²) in [5, 5.41) is 4.92. The van der Waals surface area contributed by atoms with Crippen LogP contribution in [0.4, 0.5) is 0 Å². The van der Waals surface area contributed by atoms with Gasteiger partial charge < -0.3 is 9.88 Å². The zero-order valence-electron chi connectivity index (χ0n) is 13.3. The van der Waals surface area contributed by atoms with E-state index < -0.39 is 0 Å². The SMILES string of the molecule is CCn1cc(CN(C)C2CCCNCC2)c2ccccc21. The van der Waals surface area contributed by atoms with Gasteiger partial charge >= 0.3 is 0 Å². The summed E-state index contributed by atoms with van der Waals surface area (Å²) in [6.07, 6.45) is 6.22. The van der Waals surface area contributed by atoms with E-state index in [-0.39, 0.29) is 0 Å². The van der Waals surface area contributed by atoms with E-state index in [9.17, 15) is 0 Å². The number of para-hydroxylation sites is 1. The van der Waals surface area contributed by atoms with E-state index in [1.807, 2.05) is 0 Å². The van der Waals surface area contributed by atoms with Crippen molar-refractivity contribution in [2.45, 2.75) is 45.3 Å². The maximum absolute atomic E-state index is 3.51. The standard InChI is InChI=1S/C18H27N3/c1-3-21-14-15(17-8-4-5-9-18(17)21)13-20(2)16-7-6-11-19-12-10-16/h4-5,8-9,14,16,19H,3,6-7,10-13H2,1-2H3. The first kappa shape index (κ1) is 14.6. The lowest BCUT2D eigenvalue weighted by molar-refractivity contribution is 0.217. The molecule has 1 saturated heterocycles. The second-order valence-electron chi connectivity index (χ2n) is 6.21. The molecule has 2 aromatic rings. The summed E-state index contributed by atoms with van der Waals surface area (Å²) >= 11 is 0. The molecule has 21 heavy (non-hydrogen) atoms. The number of nitrogens with one attached hydrogen (secondary N) is 1. The Morgan fingerprint density at radius 1 is 1.24 bits per heavy atom. The third-order valence-corrected chi connectivity index (χ3v) is 4.80. The van der Waals surface area contributed by atoms with Crippen LogP contribution in [-0.4, -0.2) is 35.6 Å². The number of nitrogens with zero attached hydrogens (tertiary/aromatic N) is 2. The summed E-state index contributed by atoms with van der Waals surface area (Å²) in [6, 6.07) is 9.50. The molecule has 0 amide bonds. The van der Waals surface area contributed by atoms with Crippen LogP contribution >= 0.6 is 0 Å². The first-order chi connectivity index (χ1) is 10.3. The monoisotopic (exact) mass is 285 g/mol. The van der Waals surface area contributed by atoms with Crippen LogP contribution in [-0.2, 0) is 13.1 Å². The van der Waals surface area contributed by atoms with Gasteiger partial charge in [-0.2, -0.15) is 0 Å². The Balaban J connectivity index is 1.80. The third kappa shape index (κ3) is 3.14. The van der Waals surface area contributed by atoms with Gasteiger partial charge in [0.25, 0.3) is 0 Å². The zero-order chi connectivity index (χ0) is 14.7. The smallest absolute Gasteiger partial charge is 0.0483 e. The van der Waals surface area contributed by atoms with Gasteiger partial charge in [0.1, 0.15) is 0 Å². The van der Waals surface area contributed by atoms with E-state index in [2.05, 4.69) is 59.2 Å². The van der Waals surface area contributed by atoms with Gasteiger partial charge in [-0.15, -0.1) is 0 Å². The number of aryl methyl sites for hydroxylation is 1. The Morgan fingerprint density at radius 2 is 2.10 bits per heavy atom. The maximum Gasteiger partial charge on any atom is 0.0483 e. The average molecular weight is 285 g/mol. The lowest BCUT2D eigenvalue weighted by Crippen LogP contribution is -2.31. The molecule has 0 aliphatic carbocycles. The van der Waals surface area contributed by atoms with Gasteiger partial charge in [-0.1, -0.05) is 18.2 Å². The fraction of sp³-hybridized carbons (Fsp3) is 0.556. The molecule has 3 rings (SSSR count). The minimum atomic E-state index is 0.712. The summed E-state index contributed by atoms with van der Waals surface area (Å²) in [5.74, 6) is 0. The summed E-state index contributed by atoms with van der Waals surface area (Å²) in [7, 11) is 2.29. The molecule has 2 heterocycles. The molecule has 1 aliphatic rings. The molecule has 1 N–H and O–H groups in total. The quantitative estimate of drug-likeness (QED) is 0.930. The summed E-state index contributed by atoms with van der Waals surface area (Å²) in [4.78, 5) is 2.55. The van der Waals surface area contributed by atoms with E-state index in [0.29, 0.717) is 6.04 Å². The molecule has 114 valence electrons. The first-order valence-electron chi connectivity index (χ1n) is 8.27. The van der Waals surface area contributed by atoms with Gasteiger partial charge in [0, 0.05) is 36.2 Å². The van der Waals surface area contributed by atoms with Crippen molar-refractivity contribution in [1.29, 1.82) is 0 Å². The Morgan fingerprint density at radius 3 is 2.95 bits per heavy atom. The molecule has 1 fully saturated rings. The van der Waals surface area contributed by atoms with Crippen LogP contribution in [0.25, 0.3) is 10.9 Å². The van der Waals surface area contributed by atoms with Crippen molar-refractivity contribution < 1.29 is 0 Å². The predicted molar refractivity (Wildman–Crippen MR) is 89.6 cm³/mol. The summed E-state index contributed by atoms with van der Waals surface area (Å²) in [5.41, 5.74) is 2.83. The second-order valence-corrected chi connectivity index (χ2v) is 6.21. The fourth-order valence-electron chi connectivity index (χ4n) is 3.55. The molecule has 3 nitrogen and oxygen atoms in total. The van der Waals surface area contributed by atoms with Gasteiger partial charge in [-0.3, -0.25) is 4.90 Å². The van der Waals surface area contributed by atoms with Crippen molar-refractivity contribution in [2.24, 2.45) is 0 Å². The average Bonchev–Trinajstić information content (AvgIpc) is 2.69. The van der Waals surface area contributed by atoms with Gasteiger partial charge in [0.05, 0.1) is 0 Å². The molecule has 0 bridgehead atoms. The molecule has 1 aromatic heterocycles. The van der Waals surface area contributed by atoms with E-state index in [4.69, 9.17) is 0 Å². The van der Waals surface area contributed by atoms with Gasteiger partial charge in [-0.25, -0.2) is 0 Å². The first-order valence-corrected chi connectivity index (χ1v) is 8.27. The van der Waals surface area contributed by atoms with Crippen molar-refractivity contribution in [3.8, 4) is 0 Å².